The molecule has 2 aliphatic carbocycles. The second-order valence-corrected chi connectivity index (χ2v) is 16.7. The number of Topliss-reactive ketones (excluding diaryl/α,β-unsaturated/α-hetero) is 1. The zero-order valence-corrected chi connectivity index (χ0v) is 30.1. The molecule has 0 spiro atoms. The van der Waals surface area contributed by atoms with Gasteiger partial charge in [-0.25, -0.2) is 4.72 Å². The van der Waals surface area contributed by atoms with E-state index < -0.39 is 22.2 Å². The summed E-state index contributed by atoms with van der Waals surface area (Å²) in [6, 6.07) is 5.65. The minimum Gasteiger partial charge on any atom is -0.451 e. The molecule has 2 amide bonds. The van der Waals surface area contributed by atoms with Crippen molar-refractivity contribution in [2.75, 3.05) is 13.2 Å². The van der Waals surface area contributed by atoms with Gasteiger partial charge in [-0.1, -0.05) is 45.1 Å². The van der Waals surface area contributed by atoms with E-state index in [2.05, 4.69) is 4.72 Å². The number of benzene rings is 1. The number of fused-ring (bicyclic) bond motifs is 1. The molecule has 11 heteroatoms. The van der Waals surface area contributed by atoms with Crippen LogP contribution < -0.4 is 4.72 Å². The van der Waals surface area contributed by atoms with Crippen LogP contribution in [0.3, 0.4) is 0 Å². The van der Waals surface area contributed by atoms with Crippen LogP contribution >= 0.6 is 0 Å². The molecule has 0 unspecified atom stereocenters. The highest BCUT2D eigenvalue weighted by Crippen LogP contribution is 2.42. The summed E-state index contributed by atoms with van der Waals surface area (Å²) in [5.41, 5.74) is 1.16. The van der Waals surface area contributed by atoms with E-state index in [4.69, 9.17) is 4.42 Å². The van der Waals surface area contributed by atoms with Crippen LogP contribution in [0, 0.1) is 29.6 Å². The molecule has 0 radical (unpaired) electrons. The zero-order chi connectivity index (χ0) is 34.7. The van der Waals surface area contributed by atoms with Gasteiger partial charge in [0.1, 0.15) is 5.58 Å². The van der Waals surface area contributed by atoms with Gasteiger partial charge in [-0.2, -0.15) is 12.7 Å². The number of likely N-dealkylation sites (tertiary alicyclic amines) is 1. The third-order valence-corrected chi connectivity index (χ3v) is 13.0. The van der Waals surface area contributed by atoms with E-state index >= 15 is 0 Å². The Hall–Kier alpha value is -2.79. The second-order valence-electron chi connectivity index (χ2n) is 15.1. The molecule has 2 saturated carbocycles. The van der Waals surface area contributed by atoms with E-state index in [9.17, 15) is 27.2 Å². The molecule has 9 nitrogen and oxygen atoms in total. The first-order valence-corrected chi connectivity index (χ1v) is 19.5. The Morgan fingerprint density at radius 3 is 2.23 bits per heavy atom. The molecule has 3 fully saturated rings. The average molecular weight is 688 g/mol. The molecule has 3 aliphatic rings. The number of rotatable bonds is 12. The molecule has 2 heterocycles. The van der Waals surface area contributed by atoms with Crippen LogP contribution in [0.4, 0.5) is 4.39 Å². The largest absolute Gasteiger partial charge is 0.451 e. The number of nitrogens with zero attached hydrogens (tertiary/aromatic N) is 2. The van der Waals surface area contributed by atoms with Crippen LogP contribution in [0.1, 0.15) is 115 Å². The van der Waals surface area contributed by atoms with Crippen molar-refractivity contribution in [3.8, 4) is 0 Å². The molecule has 0 bridgehead atoms. The van der Waals surface area contributed by atoms with Crippen LogP contribution in [0.2, 0.25) is 0 Å². The number of ketones is 1. The standard InChI is InChI=1S/C37H54FN3O6S/c1-23(2)41(24(3)4)48(45,46)39-36(43)34-21-30-19-26(11-16-33(30)47-34)20-32(42)35-31(28-9-7-6-8-10-28)17-18-40(35)37(44)29-14-12-27(13-15-29)25(5)22-38/h11,16,19,21,23-25,27-29,31,35H,6-10,12-15,17-18,20,22H2,1-5H3,(H,39,43)/t25-,27?,29?,31+,35+/m1/s1. The van der Waals surface area contributed by atoms with Crippen molar-refractivity contribution >= 4 is 38.8 Å². The molecule has 1 aliphatic heterocycles. The number of alkyl halides is 1. The third kappa shape index (κ3) is 7.98. The van der Waals surface area contributed by atoms with E-state index in [-0.39, 0.29) is 60.4 Å². The molecule has 1 N–H and O–H groups in total. The highest BCUT2D eigenvalue weighted by Gasteiger charge is 2.46. The Kier molecular flexibility index (Phi) is 11.7. The Morgan fingerprint density at radius 1 is 0.938 bits per heavy atom. The number of amides is 2. The molecule has 48 heavy (non-hydrogen) atoms. The highest BCUT2D eigenvalue weighted by atomic mass is 32.2. The van der Waals surface area contributed by atoms with Gasteiger partial charge in [-0.15, -0.1) is 0 Å². The number of halogens is 1. The average Bonchev–Trinajstić information content (AvgIpc) is 3.69. The quantitative estimate of drug-likeness (QED) is 0.261. The van der Waals surface area contributed by atoms with Crippen LogP contribution in [-0.4, -0.2) is 66.6 Å². The van der Waals surface area contributed by atoms with Crippen molar-refractivity contribution in [1.29, 1.82) is 0 Å². The van der Waals surface area contributed by atoms with E-state index in [0.717, 1.165) is 63.4 Å². The van der Waals surface area contributed by atoms with Crippen LogP contribution in [0.15, 0.2) is 28.7 Å². The molecule has 266 valence electrons. The Balaban J connectivity index is 1.32. The smallest absolute Gasteiger partial charge is 0.304 e. The van der Waals surface area contributed by atoms with Crippen molar-refractivity contribution < 1.29 is 31.6 Å². The lowest BCUT2D eigenvalue weighted by atomic mass is 9.74. The molecular formula is C37H54FN3O6S. The zero-order valence-electron chi connectivity index (χ0n) is 29.3. The van der Waals surface area contributed by atoms with Gasteiger partial charge in [0, 0.05) is 36.4 Å². The fraction of sp³-hybridized carbons (Fsp3) is 0.703. The number of hydrogen-bond acceptors (Lipinski definition) is 6. The first-order valence-electron chi connectivity index (χ1n) is 18.1. The minimum atomic E-state index is -4.10. The lowest BCUT2D eigenvalue weighted by molar-refractivity contribution is -0.143. The summed E-state index contributed by atoms with van der Waals surface area (Å²) in [6.45, 7) is 9.20. The van der Waals surface area contributed by atoms with E-state index in [1.165, 1.54) is 16.8 Å². The summed E-state index contributed by atoms with van der Waals surface area (Å²) in [7, 11) is -4.10. The lowest BCUT2D eigenvalue weighted by Gasteiger charge is -2.37. The van der Waals surface area contributed by atoms with Crippen molar-refractivity contribution in [1.82, 2.24) is 13.9 Å². The van der Waals surface area contributed by atoms with Gasteiger partial charge in [0.2, 0.25) is 5.91 Å². The molecule has 1 aromatic heterocycles. The van der Waals surface area contributed by atoms with E-state index in [1.54, 1.807) is 45.9 Å². The number of furan rings is 1. The number of carbonyl (C=O) groups excluding carboxylic acids is 3. The maximum absolute atomic E-state index is 14.2. The van der Waals surface area contributed by atoms with Gasteiger partial charge in [-0.3, -0.25) is 18.8 Å². The molecule has 3 atom stereocenters. The monoisotopic (exact) mass is 687 g/mol. The first kappa shape index (κ1) is 36.5. The van der Waals surface area contributed by atoms with Crippen molar-refractivity contribution in [3.05, 3.63) is 35.6 Å². The SMILES string of the molecule is CC(C)N(C(C)C)S(=O)(=O)NC(=O)c1cc2cc(CC(=O)[C@@H]3[C@H](C4CCCCC4)CCN3C(=O)C3CCC([C@H](C)CF)CC3)ccc2o1. The van der Waals surface area contributed by atoms with Crippen molar-refractivity contribution in [2.24, 2.45) is 29.6 Å². The number of nitrogens with one attached hydrogen (secondary N) is 1. The molecule has 1 aromatic carbocycles. The minimum absolute atomic E-state index is 0.0176. The Morgan fingerprint density at radius 2 is 1.60 bits per heavy atom. The maximum Gasteiger partial charge on any atom is 0.304 e. The van der Waals surface area contributed by atoms with Gasteiger partial charge in [0.15, 0.2) is 11.5 Å². The van der Waals surface area contributed by atoms with Gasteiger partial charge < -0.3 is 9.32 Å². The van der Waals surface area contributed by atoms with Gasteiger partial charge in [0.05, 0.1) is 12.7 Å². The number of carbonyl (C=O) groups is 3. The molecular weight excluding hydrogens is 633 g/mol. The summed E-state index contributed by atoms with van der Waals surface area (Å²) in [5, 5.41) is 0.592. The normalized spacial score (nSPS) is 24.9. The number of hydrogen-bond donors (Lipinski definition) is 1. The summed E-state index contributed by atoms with van der Waals surface area (Å²) in [5.74, 6) is -0.0786. The van der Waals surface area contributed by atoms with Crippen LogP contribution in [0.5, 0.6) is 0 Å². The maximum atomic E-state index is 14.2. The Labute approximate surface area is 285 Å². The second kappa shape index (κ2) is 15.4. The van der Waals surface area contributed by atoms with Gasteiger partial charge >= 0.3 is 16.1 Å². The molecule has 1 saturated heterocycles. The van der Waals surface area contributed by atoms with Crippen LogP contribution in [0.25, 0.3) is 11.0 Å². The first-order chi connectivity index (χ1) is 22.8. The predicted octanol–water partition coefficient (Wildman–Crippen LogP) is 6.85. The van der Waals surface area contributed by atoms with Crippen molar-refractivity contribution in [2.45, 2.75) is 123 Å². The van der Waals surface area contributed by atoms with Gasteiger partial charge in [-0.05, 0) is 107 Å². The summed E-state index contributed by atoms with van der Waals surface area (Å²) in [6.07, 6.45) is 9.92. The van der Waals surface area contributed by atoms with E-state index in [1.807, 2.05) is 11.8 Å². The Bertz CT molecular complexity index is 1550. The predicted molar refractivity (Wildman–Crippen MR) is 184 cm³/mol. The van der Waals surface area contributed by atoms with Crippen LogP contribution in [-0.2, 0) is 26.2 Å². The topological polar surface area (TPSA) is 117 Å². The lowest BCUT2D eigenvalue weighted by Crippen LogP contribution is -2.49. The summed E-state index contributed by atoms with van der Waals surface area (Å²) in [4.78, 5) is 43.1. The van der Waals surface area contributed by atoms with Gasteiger partial charge in [0.25, 0.3) is 0 Å². The molecule has 5 rings (SSSR count). The summed E-state index contributed by atoms with van der Waals surface area (Å²) < 4.78 is 48.3. The van der Waals surface area contributed by atoms with E-state index in [0.29, 0.717) is 29.3 Å². The fourth-order valence-electron chi connectivity index (χ4n) is 8.82. The third-order valence-electron chi connectivity index (χ3n) is 11.2. The summed E-state index contributed by atoms with van der Waals surface area (Å²) >= 11 is 0. The van der Waals surface area contributed by atoms with Crippen molar-refractivity contribution in [3.63, 3.8) is 0 Å². The molecule has 2 aromatic rings. The highest BCUT2D eigenvalue weighted by molar-refractivity contribution is 7.87. The fourth-order valence-corrected chi connectivity index (χ4v) is 10.4.